The maximum atomic E-state index is 13.1. The highest BCUT2D eigenvalue weighted by Gasteiger charge is 2.24. The normalized spacial score (nSPS) is 23.0. The van der Waals surface area contributed by atoms with Gasteiger partial charge in [-0.3, -0.25) is 4.79 Å². The van der Waals surface area contributed by atoms with Gasteiger partial charge in [0.15, 0.2) is 0 Å². The van der Waals surface area contributed by atoms with Crippen LogP contribution in [0.5, 0.6) is 0 Å². The number of halogens is 1. The highest BCUT2D eigenvalue weighted by molar-refractivity contribution is 8.00. The molecule has 1 aliphatic heterocycles. The molecule has 2 fully saturated rings. The van der Waals surface area contributed by atoms with Gasteiger partial charge in [0.25, 0.3) is 0 Å². The van der Waals surface area contributed by atoms with E-state index in [0.717, 1.165) is 37.9 Å². The van der Waals surface area contributed by atoms with E-state index >= 15 is 0 Å². The molecule has 0 N–H and O–H groups in total. The summed E-state index contributed by atoms with van der Waals surface area (Å²) in [5, 5.41) is 0.693. The summed E-state index contributed by atoms with van der Waals surface area (Å²) in [7, 11) is 0. The molecule has 4 heteroatoms. The fraction of sp³-hybridized carbons (Fsp3) is 0.632. The van der Waals surface area contributed by atoms with E-state index in [1.807, 2.05) is 28.8 Å². The molecule has 126 valence electrons. The van der Waals surface area contributed by atoms with E-state index in [-0.39, 0.29) is 11.7 Å². The molecule has 0 radical (unpaired) electrons. The molecule has 0 bridgehead atoms. The van der Waals surface area contributed by atoms with E-state index < -0.39 is 0 Å². The van der Waals surface area contributed by atoms with Crippen LogP contribution in [0.4, 0.5) is 4.39 Å². The van der Waals surface area contributed by atoms with Crippen molar-refractivity contribution < 1.29 is 9.18 Å². The number of hydrogen-bond acceptors (Lipinski definition) is 2. The van der Waals surface area contributed by atoms with E-state index in [4.69, 9.17) is 0 Å². The Labute approximate surface area is 142 Å². The molecular weight excluding hydrogens is 309 g/mol. The third-order valence-corrected chi connectivity index (χ3v) is 6.47. The minimum absolute atomic E-state index is 0.191. The van der Waals surface area contributed by atoms with Crippen LogP contribution in [0.1, 0.15) is 56.4 Å². The lowest BCUT2D eigenvalue weighted by Crippen LogP contribution is -2.35. The molecule has 1 saturated carbocycles. The van der Waals surface area contributed by atoms with E-state index in [2.05, 4.69) is 0 Å². The first-order valence-electron chi connectivity index (χ1n) is 8.87. The quantitative estimate of drug-likeness (QED) is 0.801. The van der Waals surface area contributed by atoms with Gasteiger partial charge >= 0.3 is 0 Å². The zero-order valence-electron chi connectivity index (χ0n) is 13.7. The van der Waals surface area contributed by atoms with E-state index in [9.17, 15) is 9.18 Å². The largest absolute Gasteiger partial charge is 0.341 e. The lowest BCUT2D eigenvalue weighted by molar-refractivity contribution is -0.128. The van der Waals surface area contributed by atoms with Gasteiger partial charge in [0, 0.05) is 24.3 Å². The lowest BCUT2D eigenvalue weighted by Gasteiger charge is -2.25. The summed E-state index contributed by atoms with van der Waals surface area (Å²) in [5.74, 6) is 1.07. The van der Waals surface area contributed by atoms with Crippen LogP contribution in [0.15, 0.2) is 24.3 Å². The summed E-state index contributed by atoms with van der Waals surface area (Å²) in [5.41, 5.74) is 1.16. The smallest absolute Gasteiger partial charge is 0.232 e. The van der Waals surface area contributed by atoms with E-state index in [0.29, 0.717) is 16.9 Å². The number of likely N-dealkylation sites (tertiary alicyclic amines) is 1. The molecule has 1 aromatic rings. The van der Waals surface area contributed by atoms with Crippen LogP contribution >= 0.6 is 11.8 Å². The van der Waals surface area contributed by atoms with Crippen molar-refractivity contribution in [1.82, 2.24) is 4.90 Å². The monoisotopic (exact) mass is 335 g/mol. The molecule has 0 aromatic heterocycles. The molecule has 3 rings (SSSR count). The Morgan fingerprint density at radius 3 is 2.52 bits per heavy atom. The van der Waals surface area contributed by atoms with Crippen molar-refractivity contribution in [3.8, 4) is 0 Å². The van der Waals surface area contributed by atoms with Crippen molar-refractivity contribution in [2.75, 3.05) is 18.8 Å². The predicted octanol–water partition coefficient (Wildman–Crippen LogP) is 4.60. The Hall–Kier alpha value is -1.03. The number of carbonyl (C=O) groups is 1. The Kier molecular flexibility index (Phi) is 5.98. The lowest BCUT2D eigenvalue weighted by atomic mass is 9.94. The first-order chi connectivity index (χ1) is 11.2. The van der Waals surface area contributed by atoms with Crippen molar-refractivity contribution in [3.05, 3.63) is 35.6 Å². The summed E-state index contributed by atoms with van der Waals surface area (Å²) < 4.78 is 13.1. The van der Waals surface area contributed by atoms with Gasteiger partial charge in [0.05, 0.1) is 5.75 Å². The SMILES string of the molecule is O=C(CSC1CCCC1)N1CCCC[C@@H](c2ccc(F)cc2)C1. The highest BCUT2D eigenvalue weighted by atomic mass is 32.2. The van der Waals surface area contributed by atoms with Gasteiger partial charge in [-0.1, -0.05) is 31.4 Å². The number of amides is 1. The van der Waals surface area contributed by atoms with Crippen LogP contribution < -0.4 is 0 Å². The van der Waals surface area contributed by atoms with Crippen molar-refractivity contribution in [1.29, 1.82) is 0 Å². The molecule has 2 nitrogen and oxygen atoms in total. The van der Waals surface area contributed by atoms with Gasteiger partial charge in [0.2, 0.25) is 5.91 Å². The second-order valence-electron chi connectivity index (χ2n) is 6.80. The molecule has 1 amide bonds. The fourth-order valence-corrected chi connectivity index (χ4v) is 4.94. The van der Waals surface area contributed by atoms with E-state index in [1.54, 1.807) is 0 Å². The molecule has 1 heterocycles. The van der Waals surface area contributed by atoms with Gasteiger partial charge in [-0.15, -0.1) is 11.8 Å². The van der Waals surface area contributed by atoms with Crippen LogP contribution in [0.3, 0.4) is 0 Å². The summed E-state index contributed by atoms with van der Waals surface area (Å²) in [6.07, 6.45) is 8.50. The fourth-order valence-electron chi connectivity index (χ4n) is 3.71. The number of nitrogens with zero attached hydrogens (tertiary/aromatic N) is 1. The summed E-state index contributed by atoms with van der Waals surface area (Å²) >= 11 is 1.85. The number of benzene rings is 1. The van der Waals surface area contributed by atoms with Gasteiger partial charge in [-0.2, -0.15) is 0 Å². The molecule has 0 unspecified atom stereocenters. The molecule has 1 aliphatic carbocycles. The molecule has 1 atom stereocenters. The second-order valence-corrected chi connectivity index (χ2v) is 8.09. The third kappa shape index (κ3) is 4.72. The standard InChI is InChI=1S/C19H26FNOS/c20-17-10-8-15(9-11-17)16-5-3-4-12-21(13-16)19(22)14-23-18-6-1-2-7-18/h8-11,16,18H,1-7,12-14H2/t16-/m1/s1. The van der Waals surface area contributed by atoms with Crippen LogP contribution in [0.2, 0.25) is 0 Å². The number of rotatable bonds is 4. The first-order valence-corrected chi connectivity index (χ1v) is 9.92. The topological polar surface area (TPSA) is 20.3 Å². The van der Waals surface area contributed by atoms with Gasteiger partial charge in [0.1, 0.15) is 5.82 Å². The summed E-state index contributed by atoms with van der Waals surface area (Å²) in [4.78, 5) is 14.6. The zero-order valence-corrected chi connectivity index (χ0v) is 14.5. The minimum Gasteiger partial charge on any atom is -0.341 e. The highest BCUT2D eigenvalue weighted by Crippen LogP contribution is 2.31. The molecule has 2 aliphatic rings. The molecule has 1 saturated heterocycles. The third-order valence-electron chi connectivity index (χ3n) is 5.11. The van der Waals surface area contributed by atoms with Crippen molar-refractivity contribution in [2.45, 2.75) is 56.1 Å². The Morgan fingerprint density at radius 1 is 1.09 bits per heavy atom. The number of thioether (sulfide) groups is 1. The Balaban J connectivity index is 1.57. The molecule has 0 spiro atoms. The van der Waals surface area contributed by atoms with Crippen LogP contribution in [0.25, 0.3) is 0 Å². The van der Waals surface area contributed by atoms with Crippen molar-refractivity contribution in [2.24, 2.45) is 0 Å². The van der Waals surface area contributed by atoms with Gasteiger partial charge in [-0.05, 0) is 43.4 Å². The molecular formula is C19H26FNOS. The van der Waals surface area contributed by atoms with Gasteiger partial charge < -0.3 is 4.90 Å². The maximum absolute atomic E-state index is 13.1. The maximum Gasteiger partial charge on any atom is 0.232 e. The van der Waals surface area contributed by atoms with Crippen LogP contribution in [0, 0.1) is 5.82 Å². The van der Waals surface area contributed by atoms with Crippen molar-refractivity contribution in [3.63, 3.8) is 0 Å². The van der Waals surface area contributed by atoms with Crippen LogP contribution in [-0.4, -0.2) is 34.9 Å². The second kappa shape index (κ2) is 8.18. The zero-order chi connectivity index (χ0) is 16.1. The first kappa shape index (κ1) is 16.8. The summed E-state index contributed by atoms with van der Waals surface area (Å²) in [6, 6.07) is 6.81. The number of carbonyl (C=O) groups excluding carboxylic acids is 1. The van der Waals surface area contributed by atoms with Crippen molar-refractivity contribution >= 4 is 17.7 Å². The average Bonchev–Trinajstić information content (AvgIpc) is 2.96. The van der Waals surface area contributed by atoms with Crippen LogP contribution in [-0.2, 0) is 4.79 Å². The van der Waals surface area contributed by atoms with Gasteiger partial charge in [-0.25, -0.2) is 4.39 Å². The predicted molar refractivity (Wildman–Crippen MR) is 94.3 cm³/mol. The van der Waals surface area contributed by atoms with E-state index in [1.165, 1.54) is 37.8 Å². The molecule has 23 heavy (non-hydrogen) atoms. The number of hydrogen-bond donors (Lipinski definition) is 0. The minimum atomic E-state index is -0.191. The summed E-state index contributed by atoms with van der Waals surface area (Å²) in [6.45, 7) is 1.66. The molecule has 1 aromatic carbocycles. The Bertz CT molecular complexity index is 513. The Morgan fingerprint density at radius 2 is 1.78 bits per heavy atom. The average molecular weight is 335 g/mol.